The third-order valence-electron chi connectivity index (χ3n) is 3.30. The summed E-state index contributed by atoms with van der Waals surface area (Å²) < 4.78 is 19.3. The van der Waals surface area contributed by atoms with Crippen molar-refractivity contribution in [1.29, 1.82) is 0 Å². The molecule has 1 aliphatic heterocycles. The smallest absolute Gasteiger partial charge is 0.138 e. The highest BCUT2D eigenvalue weighted by atomic mass is 19.1. The van der Waals surface area contributed by atoms with E-state index in [1.54, 1.807) is 0 Å². The van der Waals surface area contributed by atoms with Crippen molar-refractivity contribution < 1.29 is 9.13 Å². The highest BCUT2D eigenvalue weighted by molar-refractivity contribution is 5.38. The standard InChI is InChI=1S/C16H21FN2O/c1-13-11-19(8-3-9-20-13)12-14-5-6-16(17)15(10-14)4-2-7-18/h5-6,10,13H,3,7-9,11-12,18H2,1H3. The molecule has 0 bridgehead atoms. The number of halogens is 1. The van der Waals surface area contributed by atoms with Gasteiger partial charge in [-0.15, -0.1) is 0 Å². The molecule has 1 aromatic rings. The summed E-state index contributed by atoms with van der Waals surface area (Å²) in [4.78, 5) is 2.34. The Balaban J connectivity index is 2.08. The lowest BCUT2D eigenvalue weighted by atomic mass is 10.1. The second kappa shape index (κ2) is 7.39. The van der Waals surface area contributed by atoms with Gasteiger partial charge in [0.25, 0.3) is 0 Å². The van der Waals surface area contributed by atoms with E-state index in [0.29, 0.717) is 5.56 Å². The summed E-state index contributed by atoms with van der Waals surface area (Å²) in [7, 11) is 0. The zero-order valence-electron chi connectivity index (χ0n) is 11.9. The fourth-order valence-electron chi connectivity index (χ4n) is 2.39. The van der Waals surface area contributed by atoms with E-state index in [2.05, 4.69) is 23.7 Å². The Morgan fingerprint density at radius 3 is 3.15 bits per heavy atom. The third kappa shape index (κ3) is 4.31. The zero-order valence-corrected chi connectivity index (χ0v) is 11.9. The maximum atomic E-state index is 13.6. The van der Waals surface area contributed by atoms with Crippen LogP contribution in [0.3, 0.4) is 0 Å². The van der Waals surface area contributed by atoms with E-state index in [-0.39, 0.29) is 18.5 Å². The van der Waals surface area contributed by atoms with Crippen molar-refractivity contribution in [1.82, 2.24) is 4.90 Å². The fraction of sp³-hybridized carbons (Fsp3) is 0.500. The van der Waals surface area contributed by atoms with Gasteiger partial charge in [-0.3, -0.25) is 4.90 Å². The normalized spacial score (nSPS) is 20.1. The molecule has 20 heavy (non-hydrogen) atoms. The quantitative estimate of drug-likeness (QED) is 0.836. The lowest BCUT2D eigenvalue weighted by molar-refractivity contribution is 0.0668. The molecule has 0 aromatic heterocycles. The van der Waals surface area contributed by atoms with Gasteiger partial charge in [0.2, 0.25) is 0 Å². The van der Waals surface area contributed by atoms with Gasteiger partial charge in [0.05, 0.1) is 18.2 Å². The molecule has 1 atom stereocenters. The number of hydrogen-bond acceptors (Lipinski definition) is 3. The van der Waals surface area contributed by atoms with Crippen molar-refractivity contribution in [3.8, 4) is 11.8 Å². The van der Waals surface area contributed by atoms with Crippen LogP contribution in [0.4, 0.5) is 4.39 Å². The molecule has 1 fully saturated rings. The largest absolute Gasteiger partial charge is 0.377 e. The minimum absolute atomic E-state index is 0.241. The van der Waals surface area contributed by atoms with Crippen LogP contribution in [0.1, 0.15) is 24.5 Å². The van der Waals surface area contributed by atoms with Crippen LogP contribution in [-0.4, -0.2) is 37.2 Å². The van der Waals surface area contributed by atoms with Crippen LogP contribution < -0.4 is 5.73 Å². The van der Waals surface area contributed by atoms with E-state index in [9.17, 15) is 4.39 Å². The summed E-state index contributed by atoms with van der Waals surface area (Å²) in [5.74, 6) is 5.19. The van der Waals surface area contributed by atoms with Crippen LogP contribution in [0.2, 0.25) is 0 Å². The number of hydrogen-bond donors (Lipinski definition) is 1. The third-order valence-corrected chi connectivity index (χ3v) is 3.30. The highest BCUT2D eigenvalue weighted by Gasteiger charge is 2.15. The molecule has 1 unspecified atom stereocenters. The number of nitrogens with two attached hydrogens (primary N) is 1. The van der Waals surface area contributed by atoms with Gasteiger partial charge in [0.15, 0.2) is 0 Å². The molecule has 0 aliphatic carbocycles. The van der Waals surface area contributed by atoms with E-state index in [1.807, 2.05) is 12.1 Å². The molecule has 0 amide bonds. The number of benzene rings is 1. The second-order valence-corrected chi connectivity index (χ2v) is 5.09. The summed E-state index contributed by atoms with van der Waals surface area (Å²) >= 11 is 0. The molecular formula is C16H21FN2O. The van der Waals surface area contributed by atoms with E-state index in [0.717, 1.165) is 38.2 Å². The van der Waals surface area contributed by atoms with Crippen molar-refractivity contribution in [2.24, 2.45) is 5.73 Å². The van der Waals surface area contributed by atoms with Crippen LogP contribution in [0.5, 0.6) is 0 Å². The first-order chi connectivity index (χ1) is 9.69. The predicted molar refractivity (Wildman–Crippen MR) is 77.6 cm³/mol. The average molecular weight is 276 g/mol. The monoisotopic (exact) mass is 276 g/mol. The first-order valence-electron chi connectivity index (χ1n) is 7.00. The Morgan fingerprint density at radius 2 is 2.35 bits per heavy atom. The molecule has 0 spiro atoms. The van der Waals surface area contributed by atoms with E-state index in [1.165, 1.54) is 6.07 Å². The maximum Gasteiger partial charge on any atom is 0.138 e. The molecule has 2 N–H and O–H groups in total. The molecule has 1 aromatic carbocycles. The van der Waals surface area contributed by atoms with Crippen molar-refractivity contribution in [2.45, 2.75) is 26.0 Å². The molecule has 2 rings (SSSR count). The predicted octanol–water partition coefficient (Wildman–Crippen LogP) is 1.75. The zero-order chi connectivity index (χ0) is 14.4. The Bertz CT molecular complexity index is 507. The molecule has 1 saturated heterocycles. The Kier molecular flexibility index (Phi) is 5.54. The van der Waals surface area contributed by atoms with Crippen LogP contribution in [0.15, 0.2) is 18.2 Å². The topological polar surface area (TPSA) is 38.5 Å². The molecular weight excluding hydrogens is 255 g/mol. The van der Waals surface area contributed by atoms with Crippen molar-refractivity contribution in [3.63, 3.8) is 0 Å². The van der Waals surface area contributed by atoms with Gasteiger partial charge in [-0.25, -0.2) is 4.39 Å². The summed E-state index contributed by atoms with van der Waals surface area (Å²) in [6.45, 7) is 5.85. The molecule has 4 heteroatoms. The molecule has 1 aliphatic rings. The summed E-state index contributed by atoms with van der Waals surface area (Å²) in [6, 6.07) is 5.11. The number of rotatable bonds is 2. The molecule has 1 heterocycles. The van der Waals surface area contributed by atoms with Crippen molar-refractivity contribution >= 4 is 0 Å². The SMILES string of the molecule is CC1CN(Cc2ccc(F)c(C#CCN)c2)CCCO1. The van der Waals surface area contributed by atoms with Gasteiger partial charge in [-0.1, -0.05) is 17.9 Å². The second-order valence-electron chi connectivity index (χ2n) is 5.09. The van der Waals surface area contributed by atoms with Crippen molar-refractivity contribution in [3.05, 3.63) is 35.1 Å². The molecule has 0 radical (unpaired) electrons. The van der Waals surface area contributed by atoms with E-state index in [4.69, 9.17) is 10.5 Å². The van der Waals surface area contributed by atoms with E-state index >= 15 is 0 Å². The van der Waals surface area contributed by atoms with Gasteiger partial charge < -0.3 is 10.5 Å². The minimum atomic E-state index is -0.290. The fourth-order valence-corrected chi connectivity index (χ4v) is 2.39. The van der Waals surface area contributed by atoms with Crippen LogP contribution >= 0.6 is 0 Å². The lowest BCUT2D eigenvalue weighted by Crippen LogP contribution is -2.29. The Hall–Kier alpha value is -1.41. The minimum Gasteiger partial charge on any atom is -0.377 e. The maximum absolute atomic E-state index is 13.6. The summed E-state index contributed by atoms with van der Waals surface area (Å²) in [5, 5.41) is 0. The number of nitrogens with zero attached hydrogens (tertiary/aromatic N) is 1. The first kappa shape index (κ1) is 15.0. The summed E-state index contributed by atoms with van der Waals surface area (Å²) in [5.41, 5.74) is 6.82. The number of ether oxygens (including phenoxy) is 1. The molecule has 3 nitrogen and oxygen atoms in total. The lowest BCUT2D eigenvalue weighted by Gasteiger charge is -2.21. The van der Waals surface area contributed by atoms with Crippen molar-refractivity contribution in [2.75, 3.05) is 26.2 Å². The van der Waals surface area contributed by atoms with Crippen LogP contribution in [0, 0.1) is 17.7 Å². The van der Waals surface area contributed by atoms with Crippen LogP contribution in [0.25, 0.3) is 0 Å². The van der Waals surface area contributed by atoms with Gasteiger partial charge in [-0.2, -0.15) is 0 Å². The van der Waals surface area contributed by atoms with Gasteiger partial charge in [0.1, 0.15) is 5.82 Å². The first-order valence-corrected chi connectivity index (χ1v) is 7.00. The van der Waals surface area contributed by atoms with E-state index < -0.39 is 0 Å². The Morgan fingerprint density at radius 1 is 1.50 bits per heavy atom. The van der Waals surface area contributed by atoms with Gasteiger partial charge in [-0.05, 0) is 31.0 Å². The average Bonchev–Trinajstić information content (AvgIpc) is 2.63. The van der Waals surface area contributed by atoms with Crippen LogP contribution in [-0.2, 0) is 11.3 Å². The van der Waals surface area contributed by atoms with Gasteiger partial charge >= 0.3 is 0 Å². The Labute approximate surface area is 119 Å². The molecule has 0 saturated carbocycles. The highest BCUT2D eigenvalue weighted by Crippen LogP contribution is 2.14. The summed E-state index contributed by atoms with van der Waals surface area (Å²) in [6.07, 6.45) is 1.28. The molecule has 108 valence electrons. The van der Waals surface area contributed by atoms with Gasteiger partial charge in [0, 0.05) is 26.2 Å².